The molecular formula is C10H11Br2F. The van der Waals surface area contributed by atoms with Crippen LogP contribution in [-0.4, -0.2) is 5.33 Å². The van der Waals surface area contributed by atoms with Crippen molar-refractivity contribution in [2.75, 3.05) is 5.33 Å². The van der Waals surface area contributed by atoms with E-state index in [9.17, 15) is 4.39 Å². The molecule has 0 fully saturated rings. The summed E-state index contributed by atoms with van der Waals surface area (Å²) in [6, 6.07) is 5.24. The van der Waals surface area contributed by atoms with E-state index >= 15 is 0 Å². The third-order valence-corrected chi connectivity index (χ3v) is 2.90. The van der Waals surface area contributed by atoms with Crippen molar-refractivity contribution in [2.45, 2.75) is 19.3 Å². The summed E-state index contributed by atoms with van der Waals surface area (Å²) in [4.78, 5) is 0. The molecule has 1 rings (SSSR count). The van der Waals surface area contributed by atoms with Gasteiger partial charge in [0.1, 0.15) is 5.82 Å². The second-order valence-corrected chi connectivity index (χ2v) is 4.59. The van der Waals surface area contributed by atoms with E-state index < -0.39 is 0 Å². The van der Waals surface area contributed by atoms with E-state index in [0.717, 1.165) is 34.6 Å². The Morgan fingerprint density at radius 1 is 1.23 bits per heavy atom. The molecule has 0 saturated heterocycles. The van der Waals surface area contributed by atoms with E-state index in [4.69, 9.17) is 0 Å². The van der Waals surface area contributed by atoms with Crippen molar-refractivity contribution in [3.63, 3.8) is 0 Å². The van der Waals surface area contributed by atoms with E-state index in [2.05, 4.69) is 31.9 Å². The maximum atomic E-state index is 13.2. The van der Waals surface area contributed by atoms with Crippen molar-refractivity contribution in [1.82, 2.24) is 0 Å². The molecule has 0 saturated carbocycles. The molecule has 1 aromatic carbocycles. The fourth-order valence-corrected chi connectivity index (χ4v) is 1.86. The molecular weight excluding hydrogens is 299 g/mol. The van der Waals surface area contributed by atoms with Crippen molar-refractivity contribution >= 4 is 31.9 Å². The Balaban J connectivity index is 2.56. The number of aryl methyl sites for hydroxylation is 1. The van der Waals surface area contributed by atoms with Gasteiger partial charge in [-0.15, -0.1) is 0 Å². The quantitative estimate of drug-likeness (QED) is 0.574. The summed E-state index contributed by atoms with van der Waals surface area (Å²) in [5.41, 5.74) is 0.809. The molecule has 0 bridgehead atoms. The molecule has 13 heavy (non-hydrogen) atoms. The van der Waals surface area contributed by atoms with Gasteiger partial charge in [0.2, 0.25) is 0 Å². The summed E-state index contributed by atoms with van der Waals surface area (Å²) < 4.78 is 14.0. The minimum atomic E-state index is -0.107. The highest BCUT2D eigenvalue weighted by atomic mass is 79.9. The lowest BCUT2D eigenvalue weighted by Gasteiger charge is -2.02. The first-order valence-corrected chi connectivity index (χ1v) is 6.15. The molecule has 0 aliphatic carbocycles. The third-order valence-electron chi connectivity index (χ3n) is 1.84. The molecule has 0 amide bonds. The molecule has 0 aromatic heterocycles. The number of hydrogen-bond donors (Lipinski definition) is 0. The van der Waals surface area contributed by atoms with E-state index in [1.54, 1.807) is 0 Å². The predicted octanol–water partition coefficient (Wildman–Crippen LogP) is 4.31. The van der Waals surface area contributed by atoms with Crippen molar-refractivity contribution in [1.29, 1.82) is 0 Å². The Kier molecular flexibility index (Phi) is 4.96. The van der Waals surface area contributed by atoms with Gasteiger partial charge in [-0.2, -0.15) is 0 Å². The van der Waals surface area contributed by atoms with Gasteiger partial charge in [0.05, 0.1) is 0 Å². The van der Waals surface area contributed by atoms with Crippen LogP contribution >= 0.6 is 31.9 Å². The van der Waals surface area contributed by atoms with Gasteiger partial charge >= 0.3 is 0 Å². The van der Waals surface area contributed by atoms with E-state index in [1.807, 2.05) is 12.1 Å². The topological polar surface area (TPSA) is 0 Å². The molecule has 0 nitrogen and oxygen atoms in total. The van der Waals surface area contributed by atoms with Crippen molar-refractivity contribution < 1.29 is 4.39 Å². The van der Waals surface area contributed by atoms with Gasteiger partial charge in [0, 0.05) is 9.80 Å². The minimum Gasteiger partial charge on any atom is -0.207 e. The van der Waals surface area contributed by atoms with Gasteiger partial charge in [0.15, 0.2) is 0 Å². The zero-order chi connectivity index (χ0) is 9.68. The first kappa shape index (κ1) is 11.2. The maximum absolute atomic E-state index is 13.2. The second-order valence-electron chi connectivity index (χ2n) is 2.88. The Morgan fingerprint density at radius 3 is 2.62 bits per heavy atom. The van der Waals surface area contributed by atoms with Gasteiger partial charge in [-0.25, -0.2) is 4.39 Å². The first-order chi connectivity index (χ1) is 6.24. The summed E-state index contributed by atoms with van der Waals surface area (Å²) in [7, 11) is 0. The summed E-state index contributed by atoms with van der Waals surface area (Å²) in [5.74, 6) is -0.107. The number of benzene rings is 1. The van der Waals surface area contributed by atoms with Crippen LogP contribution in [0.5, 0.6) is 0 Å². The average Bonchev–Trinajstić information content (AvgIpc) is 2.09. The lowest BCUT2D eigenvalue weighted by Crippen LogP contribution is -1.91. The minimum absolute atomic E-state index is 0.107. The summed E-state index contributed by atoms with van der Waals surface area (Å²) in [6.07, 6.45) is 2.95. The monoisotopic (exact) mass is 308 g/mol. The van der Waals surface area contributed by atoms with Crippen molar-refractivity contribution in [3.8, 4) is 0 Å². The molecule has 0 aliphatic heterocycles. The van der Waals surface area contributed by atoms with Gasteiger partial charge in [-0.1, -0.05) is 37.9 Å². The van der Waals surface area contributed by atoms with Crippen LogP contribution in [0, 0.1) is 5.82 Å². The zero-order valence-electron chi connectivity index (χ0n) is 7.19. The van der Waals surface area contributed by atoms with Gasteiger partial charge in [-0.05, 0) is 37.0 Å². The Hall–Kier alpha value is 0.110. The van der Waals surface area contributed by atoms with Crippen LogP contribution in [-0.2, 0) is 6.42 Å². The molecule has 0 atom stereocenters. The van der Waals surface area contributed by atoms with E-state index in [-0.39, 0.29) is 5.82 Å². The second kappa shape index (κ2) is 5.76. The molecule has 3 heteroatoms. The number of hydrogen-bond acceptors (Lipinski definition) is 0. The first-order valence-electron chi connectivity index (χ1n) is 4.24. The molecule has 0 unspecified atom stereocenters. The maximum Gasteiger partial charge on any atom is 0.127 e. The van der Waals surface area contributed by atoms with Gasteiger partial charge in [-0.3, -0.25) is 0 Å². The average molecular weight is 310 g/mol. The standard InChI is InChI=1S/C10H11Br2F/c11-6-2-1-3-8-4-5-9(12)7-10(8)13/h4-5,7H,1-3,6H2. The highest BCUT2D eigenvalue weighted by Gasteiger charge is 2.01. The SMILES string of the molecule is Fc1cc(Br)ccc1CCCCBr. The van der Waals surface area contributed by atoms with Crippen LogP contribution in [0.25, 0.3) is 0 Å². The fourth-order valence-electron chi connectivity index (χ4n) is 1.13. The molecule has 0 heterocycles. The summed E-state index contributed by atoms with van der Waals surface area (Å²) in [6.45, 7) is 0. The number of rotatable bonds is 4. The summed E-state index contributed by atoms with van der Waals surface area (Å²) in [5, 5.41) is 0.991. The molecule has 0 spiro atoms. The Bertz CT molecular complexity index is 274. The number of unbranched alkanes of at least 4 members (excludes halogenated alkanes) is 1. The van der Waals surface area contributed by atoms with Crippen LogP contribution in [0.15, 0.2) is 22.7 Å². The highest BCUT2D eigenvalue weighted by Crippen LogP contribution is 2.17. The Morgan fingerprint density at radius 2 is 2.00 bits per heavy atom. The number of halogens is 3. The Labute approximate surface area is 94.8 Å². The third kappa shape index (κ3) is 3.77. The van der Waals surface area contributed by atoms with Gasteiger partial charge in [0.25, 0.3) is 0 Å². The summed E-state index contributed by atoms with van der Waals surface area (Å²) >= 11 is 6.58. The van der Waals surface area contributed by atoms with Crippen LogP contribution < -0.4 is 0 Å². The van der Waals surface area contributed by atoms with E-state index in [1.165, 1.54) is 6.07 Å². The zero-order valence-corrected chi connectivity index (χ0v) is 10.4. The highest BCUT2D eigenvalue weighted by molar-refractivity contribution is 9.10. The molecule has 0 aliphatic rings. The molecule has 72 valence electrons. The largest absolute Gasteiger partial charge is 0.207 e. The van der Waals surface area contributed by atoms with Crippen LogP contribution in [0.2, 0.25) is 0 Å². The molecule has 0 N–H and O–H groups in total. The lowest BCUT2D eigenvalue weighted by atomic mass is 10.1. The van der Waals surface area contributed by atoms with Crippen LogP contribution in [0.1, 0.15) is 18.4 Å². The number of alkyl halides is 1. The normalized spacial score (nSPS) is 10.4. The van der Waals surface area contributed by atoms with Crippen LogP contribution in [0.4, 0.5) is 4.39 Å². The predicted molar refractivity (Wildman–Crippen MR) is 60.8 cm³/mol. The van der Waals surface area contributed by atoms with Gasteiger partial charge < -0.3 is 0 Å². The molecule has 0 radical (unpaired) electrons. The smallest absolute Gasteiger partial charge is 0.127 e. The fraction of sp³-hybridized carbons (Fsp3) is 0.400. The molecule has 1 aromatic rings. The van der Waals surface area contributed by atoms with Crippen molar-refractivity contribution in [3.05, 3.63) is 34.1 Å². The van der Waals surface area contributed by atoms with Crippen molar-refractivity contribution in [2.24, 2.45) is 0 Å². The van der Waals surface area contributed by atoms with Crippen LogP contribution in [0.3, 0.4) is 0 Å². The van der Waals surface area contributed by atoms with E-state index in [0.29, 0.717) is 0 Å². The lowest BCUT2D eigenvalue weighted by molar-refractivity contribution is 0.603.